The molecule has 0 bridgehead atoms. The normalized spacial score (nSPS) is 22.5. The maximum absolute atomic E-state index is 12.7. The lowest BCUT2D eigenvalue weighted by atomic mass is 10.0. The summed E-state index contributed by atoms with van der Waals surface area (Å²) in [5.41, 5.74) is 11.3. The van der Waals surface area contributed by atoms with Gasteiger partial charge in [0.15, 0.2) is 0 Å². The van der Waals surface area contributed by atoms with E-state index in [2.05, 4.69) is 28.9 Å². The average molecular weight is 318 g/mol. The molecule has 0 spiro atoms. The molecule has 22 heavy (non-hydrogen) atoms. The van der Waals surface area contributed by atoms with Crippen molar-refractivity contribution in [3.05, 3.63) is 33.7 Å². The SMILES string of the molecule is CN/N=C(/C=C(\N)C(=O)N1CCc2sccc2C1C)C1CC1. The molecule has 1 fully saturated rings. The second-order valence-electron chi connectivity index (χ2n) is 5.86. The Kier molecular flexibility index (Phi) is 4.20. The molecule has 0 aromatic carbocycles. The quantitative estimate of drug-likeness (QED) is 0.507. The summed E-state index contributed by atoms with van der Waals surface area (Å²) >= 11 is 1.77. The molecule has 1 unspecified atom stereocenters. The molecular weight excluding hydrogens is 296 g/mol. The van der Waals surface area contributed by atoms with Crippen LogP contribution in [0.3, 0.4) is 0 Å². The maximum Gasteiger partial charge on any atom is 0.270 e. The zero-order valence-corrected chi connectivity index (χ0v) is 13.8. The third-order valence-corrected chi connectivity index (χ3v) is 5.32. The van der Waals surface area contributed by atoms with E-state index in [0.717, 1.165) is 31.5 Å². The van der Waals surface area contributed by atoms with Gasteiger partial charge in [-0.2, -0.15) is 5.10 Å². The van der Waals surface area contributed by atoms with Crippen molar-refractivity contribution in [1.82, 2.24) is 10.3 Å². The first kappa shape index (κ1) is 15.1. The molecule has 5 nitrogen and oxygen atoms in total. The summed E-state index contributed by atoms with van der Waals surface area (Å²) in [6.45, 7) is 2.80. The van der Waals surface area contributed by atoms with Crippen molar-refractivity contribution >= 4 is 23.0 Å². The van der Waals surface area contributed by atoms with Crippen molar-refractivity contribution in [2.45, 2.75) is 32.2 Å². The molecular formula is C16H22N4OS. The number of nitrogens with one attached hydrogen (secondary N) is 1. The van der Waals surface area contributed by atoms with Gasteiger partial charge in [-0.15, -0.1) is 11.3 Å². The van der Waals surface area contributed by atoms with Gasteiger partial charge in [-0.05, 0) is 49.3 Å². The van der Waals surface area contributed by atoms with E-state index in [1.54, 1.807) is 24.5 Å². The average Bonchev–Trinajstić information content (AvgIpc) is 3.24. The molecule has 6 heteroatoms. The van der Waals surface area contributed by atoms with E-state index in [-0.39, 0.29) is 17.6 Å². The highest BCUT2D eigenvalue weighted by Crippen LogP contribution is 2.34. The molecule has 2 heterocycles. The smallest absolute Gasteiger partial charge is 0.270 e. The number of nitrogens with two attached hydrogens (primary N) is 1. The van der Waals surface area contributed by atoms with Gasteiger partial charge in [-0.1, -0.05) is 0 Å². The number of allylic oxidation sites excluding steroid dienone is 1. The molecule has 1 atom stereocenters. The van der Waals surface area contributed by atoms with Crippen LogP contribution in [-0.4, -0.2) is 30.1 Å². The molecule has 1 aliphatic carbocycles. The van der Waals surface area contributed by atoms with Gasteiger partial charge in [0.1, 0.15) is 0 Å². The standard InChI is InChI=1S/C16H22N4OS/c1-10-12-6-8-22-15(12)5-7-20(10)16(21)13(17)9-14(19-18-2)11-3-4-11/h6,8-11,18H,3-5,7,17H2,1-2H3/b13-9-,19-14-. The summed E-state index contributed by atoms with van der Waals surface area (Å²) in [5.74, 6) is 0.356. The van der Waals surface area contributed by atoms with Crippen LogP contribution in [0.5, 0.6) is 0 Å². The molecule has 3 N–H and O–H groups in total. The number of thiophene rings is 1. The van der Waals surface area contributed by atoms with E-state index in [0.29, 0.717) is 5.92 Å². The second kappa shape index (κ2) is 6.12. The van der Waals surface area contributed by atoms with Crippen molar-refractivity contribution in [2.75, 3.05) is 13.6 Å². The number of hydrogen-bond donors (Lipinski definition) is 2. The second-order valence-corrected chi connectivity index (χ2v) is 6.86. The van der Waals surface area contributed by atoms with E-state index in [4.69, 9.17) is 5.73 Å². The van der Waals surface area contributed by atoms with Gasteiger partial charge in [0, 0.05) is 24.4 Å². The summed E-state index contributed by atoms with van der Waals surface area (Å²) < 4.78 is 0. The topological polar surface area (TPSA) is 70.7 Å². The first-order valence-electron chi connectivity index (χ1n) is 7.70. The monoisotopic (exact) mass is 318 g/mol. The van der Waals surface area contributed by atoms with Crippen LogP contribution in [0.15, 0.2) is 28.3 Å². The van der Waals surface area contributed by atoms with E-state index < -0.39 is 0 Å². The van der Waals surface area contributed by atoms with Gasteiger partial charge in [0.05, 0.1) is 17.5 Å². The highest BCUT2D eigenvalue weighted by Gasteiger charge is 2.31. The van der Waals surface area contributed by atoms with Crippen LogP contribution in [0.1, 0.15) is 36.2 Å². The van der Waals surface area contributed by atoms with Crippen LogP contribution < -0.4 is 11.2 Å². The van der Waals surface area contributed by atoms with E-state index in [9.17, 15) is 4.79 Å². The first-order valence-corrected chi connectivity index (χ1v) is 8.58. The Bertz CT molecular complexity index is 630. The fourth-order valence-electron chi connectivity index (χ4n) is 2.92. The van der Waals surface area contributed by atoms with Crippen LogP contribution in [0, 0.1) is 5.92 Å². The Hall–Kier alpha value is -1.82. The molecule has 3 rings (SSSR count). The first-order chi connectivity index (χ1) is 10.6. The molecule has 1 aromatic heterocycles. The van der Waals surface area contributed by atoms with Crippen molar-refractivity contribution in [2.24, 2.45) is 16.8 Å². The van der Waals surface area contributed by atoms with Crippen molar-refractivity contribution in [1.29, 1.82) is 0 Å². The minimum atomic E-state index is -0.0891. The summed E-state index contributed by atoms with van der Waals surface area (Å²) in [6, 6.07) is 2.20. The zero-order valence-electron chi connectivity index (χ0n) is 13.0. The molecule has 1 saturated carbocycles. The van der Waals surface area contributed by atoms with E-state index >= 15 is 0 Å². The highest BCUT2D eigenvalue weighted by atomic mass is 32.1. The molecule has 1 amide bonds. The summed E-state index contributed by atoms with van der Waals surface area (Å²) in [6.07, 6.45) is 4.90. The Morgan fingerprint density at radius 1 is 1.55 bits per heavy atom. The Balaban J connectivity index is 1.77. The van der Waals surface area contributed by atoms with Gasteiger partial charge in [-0.25, -0.2) is 0 Å². The van der Waals surface area contributed by atoms with Crippen LogP contribution in [0.2, 0.25) is 0 Å². The summed E-state index contributed by atoms with van der Waals surface area (Å²) in [7, 11) is 1.76. The third-order valence-electron chi connectivity index (χ3n) is 4.32. The predicted molar refractivity (Wildman–Crippen MR) is 89.6 cm³/mol. The number of hydrogen-bond acceptors (Lipinski definition) is 5. The van der Waals surface area contributed by atoms with Crippen LogP contribution in [-0.2, 0) is 11.2 Å². The summed E-state index contributed by atoms with van der Waals surface area (Å²) in [5, 5.41) is 6.34. The number of nitrogens with zero attached hydrogens (tertiary/aromatic N) is 2. The molecule has 0 saturated heterocycles. The molecule has 1 aromatic rings. The number of amides is 1. The predicted octanol–water partition coefficient (Wildman–Crippen LogP) is 2.02. The van der Waals surface area contributed by atoms with E-state index in [1.807, 2.05) is 4.90 Å². The maximum atomic E-state index is 12.7. The van der Waals surface area contributed by atoms with Crippen LogP contribution >= 0.6 is 11.3 Å². The zero-order chi connectivity index (χ0) is 15.7. The number of carbonyl (C=O) groups excluding carboxylic acids is 1. The molecule has 0 radical (unpaired) electrons. The van der Waals surface area contributed by atoms with Gasteiger partial charge >= 0.3 is 0 Å². The van der Waals surface area contributed by atoms with Gasteiger partial charge < -0.3 is 16.1 Å². The lowest BCUT2D eigenvalue weighted by Crippen LogP contribution is -2.40. The fraction of sp³-hybridized carbons (Fsp3) is 0.500. The Labute approximate surface area is 134 Å². The van der Waals surface area contributed by atoms with Crippen molar-refractivity contribution in [3.63, 3.8) is 0 Å². The Morgan fingerprint density at radius 3 is 3.00 bits per heavy atom. The van der Waals surface area contributed by atoms with Crippen LogP contribution in [0.25, 0.3) is 0 Å². The summed E-state index contributed by atoms with van der Waals surface area (Å²) in [4.78, 5) is 15.9. The van der Waals surface area contributed by atoms with Gasteiger partial charge in [0.2, 0.25) is 0 Å². The van der Waals surface area contributed by atoms with E-state index in [1.165, 1.54) is 10.4 Å². The number of hydrazone groups is 1. The number of rotatable bonds is 4. The molecule has 1 aliphatic heterocycles. The van der Waals surface area contributed by atoms with Crippen molar-refractivity contribution < 1.29 is 4.79 Å². The third kappa shape index (κ3) is 2.88. The van der Waals surface area contributed by atoms with Crippen molar-refractivity contribution in [3.8, 4) is 0 Å². The highest BCUT2D eigenvalue weighted by molar-refractivity contribution is 7.10. The molecule has 2 aliphatic rings. The van der Waals surface area contributed by atoms with Gasteiger partial charge in [0.25, 0.3) is 5.91 Å². The number of carbonyl (C=O) groups is 1. The molecule has 118 valence electrons. The minimum Gasteiger partial charge on any atom is -0.394 e. The van der Waals surface area contributed by atoms with Crippen LogP contribution in [0.4, 0.5) is 0 Å². The minimum absolute atomic E-state index is 0.0834. The fourth-order valence-corrected chi connectivity index (χ4v) is 3.89. The lowest BCUT2D eigenvalue weighted by molar-refractivity contribution is -0.129. The Morgan fingerprint density at radius 2 is 2.32 bits per heavy atom. The lowest BCUT2D eigenvalue weighted by Gasteiger charge is -2.33. The van der Waals surface area contributed by atoms with Gasteiger partial charge in [-0.3, -0.25) is 4.79 Å². The number of fused-ring (bicyclic) bond motifs is 1. The largest absolute Gasteiger partial charge is 0.394 e.